The van der Waals surface area contributed by atoms with Gasteiger partial charge in [-0.05, 0) is 63.9 Å². The largest absolute Gasteiger partial charge is 0.454 e. The molecule has 43 heavy (non-hydrogen) atoms. The van der Waals surface area contributed by atoms with E-state index in [9.17, 15) is 0 Å². The van der Waals surface area contributed by atoms with Gasteiger partial charge in [-0.3, -0.25) is 4.98 Å². The van der Waals surface area contributed by atoms with Crippen molar-refractivity contribution in [2.45, 2.75) is 19.8 Å². The standard InChI is InChI=1S/C38H25N3O2/c1-2-9-22-16-17-31-29(20-22)35-38(43-31)36(41-21-40-35)33-25-12-5-3-10-23(25)32(24-11-4-6-13-26(24)33)28-18-19-39-34-27-14-7-8-15-30(27)42-37(28)34/h3-8,10-21H,2,9H2,1H3. The summed E-state index contributed by atoms with van der Waals surface area (Å²) < 4.78 is 13.0. The summed E-state index contributed by atoms with van der Waals surface area (Å²) in [4.78, 5) is 14.3. The van der Waals surface area contributed by atoms with Gasteiger partial charge in [-0.2, -0.15) is 0 Å². The Kier molecular flexibility index (Phi) is 5.17. The van der Waals surface area contributed by atoms with E-state index in [1.165, 1.54) is 5.56 Å². The van der Waals surface area contributed by atoms with Crippen LogP contribution < -0.4 is 0 Å². The van der Waals surface area contributed by atoms with Crippen LogP contribution in [-0.2, 0) is 6.42 Å². The van der Waals surface area contributed by atoms with Gasteiger partial charge in [-0.25, -0.2) is 9.97 Å². The fourth-order valence-electron chi connectivity index (χ4n) is 6.72. The average Bonchev–Trinajstić information content (AvgIpc) is 3.62. The number of nitrogens with zero attached hydrogens (tertiary/aromatic N) is 3. The Hall–Kier alpha value is -5.55. The molecule has 4 aromatic heterocycles. The number of furan rings is 2. The number of fused-ring (bicyclic) bond motifs is 8. The topological polar surface area (TPSA) is 65.0 Å². The first kappa shape index (κ1) is 24.1. The van der Waals surface area contributed by atoms with E-state index in [2.05, 4.69) is 85.8 Å². The maximum Gasteiger partial charge on any atom is 0.180 e. The van der Waals surface area contributed by atoms with Crippen molar-refractivity contribution in [2.75, 3.05) is 0 Å². The highest BCUT2D eigenvalue weighted by molar-refractivity contribution is 6.25. The smallest absolute Gasteiger partial charge is 0.180 e. The third-order valence-electron chi connectivity index (χ3n) is 8.55. The Morgan fingerprint density at radius 1 is 0.558 bits per heavy atom. The molecule has 5 heteroatoms. The maximum atomic E-state index is 6.53. The van der Waals surface area contributed by atoms with Gasteiger partial charge in [-0.15, -0.1) is 0 Å². The van der Waals surface area contributed by atoms with Gasteiger partial charge in [-0.1, -0.05) is 80.1 Å². The molecular weight excluding hydrogens is 530 g/mol. The van der Waals surface area contributed by atoms with Crippen molar-refractivity contribution < 1.29 is 8.83 Å². The highest BCUT2D eigenvalue weighted by Crippen LogP contribution is 2.47. The summed E-state index contributed by atoms with van der Waals surface area (Å²) in [5.74, 6) is 0. The molecule has 5 nitrogen and oxygen atoms in total. The van der Waals surface area contributed by atoms with Gasteiger partial charge < -0.3 is 8.83 Å². The number of aromatic nitrogens is 3. The van der Waals surface area contributed by atoms with Crippen LogP contribution in [0.15, 0.2) is 118 Å². The van der Waals surface area contributed by atoms with Gasteiger partial charge in [0.05, 0.1) is 0 Å². The Labute approximate surface area is 246 Å². The second kappa shape index (κ2) is 9.23. The molecule has 9 aromatic rings. The molecular formula is C38H25N3O2. The zero-order chi connectivity index (χ0) is 28.5. The van der Waals surface area contributed by atoms with E-state index in [4.69, 9.17) is 23.8 Å². The van der Waals surface area contributed by atoms with E-state index >= 15 is 0 Å². The monoisotopic (exact) mass is 555 g/mol. The second-order valence-corrected chi connectivity index (χ2v) is 11.1. The molecule has 0 unspecified atom stereocenters. The first-order valence-corrected chi connectivity index (χ1v) is 14.7. The normalized spacial score (nSPS) is 12.0. The summed E-state index contributed by atoms with van der Waals surface area (Å²) in [6.07, 6.45) is 5.65. The first-order chi connectivity index (χ1) is 21.3. The minimum absolute atomic E-state index is 0.706. The van der Waals surface area contributed by atoms with E-state index < -0.39 is 0 Å². The van der Waals surface area contributed by atoms with Crippen LogP contribution in [0.25, 0.3) is 88.1 Å². The molecule has 0 amide bonds. The molecule has 4 heterocycles. The van der Waals surface area contributed by atoms with Crippen molar-refractivity contribution in [3.8, 4) is 22.4 Å². The van der Waals surface area contributed by atoms with Gasteiger partial charge in [0.15, 0.2) is 11.2 Å². The molecule has 5 aromatic carbocycles. The van der Waals surface area contributed by atoms with Crippen molar-refractivity contribution in [2.24, 2.45) is 0 Å². The van der Waals surface area contributed by atoms with Gasteiger partial charge in [0.25, 0.3) is 0 Å². The van der Waals surface area contributed by atoms with E-state index in [0.717, 1.165) is 95.3 Å². The molecule has 0 aliphatic carbocycles. The molecule has 0 N–H and O–H groups in total. The van der Waals surface area contributed by atoms with Crippen LogP contribution in [0.2, 0.25) is 0 Å². The molecule has 0 fully saturated rings. The molecule has 0 spiro atoms. The lowest BCUT2D eigenvalue weighted by Gasteiger charge is -2.17. The predicted molar refractivity (Wildman–Crippen MR) is 174 cm³/mol. The quantitative estimate of drug-likeness (QED) is 0.202. The van der Waals surface area contributed by atoms with Gasteiger partial charge in [0.1, 0.15) is 34.2 Å². The third-order valence-corrected chi connectivity index (χ3v) is 8.55. The summed E-state index contributed by atoms with van der Waals surface area (Å²) in [5, 5.41) is 6.43. The number of para-hydroxylation sites is 1. The number of pyridine rings is 1. The number of benzene rings is 5. The van der Waals surface area contributed by atoms with Gasteiger partial charge in [0, 0.05) is 33.7 Å². The second-order valence-electron chi connectivity index (χ2n) is 11.1. The fraction of sp³-hybridized carbons (Fsp3) is 0.0789. The van der Waals surface area contributed by atoms with E-state index in [1.54, 1.807) is 6.33 Å². The maximum absolute atomic E-state index is 6.53. The average molecular weight is 556 g/mol. The minimum Gasteiger partial charge on any atom is -0.454 e. The molecule has 0 atom stereocenters. The van der Waals surface area contributed by atoms with Crippen LogP contribution in [0.4, 0.5) is 0 Å². The fourth-order valence-corrected chi connectivity index (χ4v) is 6.72. The van der Waals surface area contributed by atoms with E-state index in [1.807, 2.05) is 24.4 Å². The number of aryl methyl sites for hydroxylation is 1. The lowest BCUT2D eigenvalue weighted by Crippen LogP contribution is -1.94. The van der Waals surface area contributed by atoms with Crippen LogP contribution >= 0.6 is 0 Å². The number of rotatable bonds is 4. The van der Waals surface area contributed by atoms with Crippen LogP contribution in [-0.4, -0.2) is 15.0 Å². The molecule has 0 saturated heterocycles. The summed E-state index contributed by atoms with van der Waals surface area (Å²) in [5.41, 5.74) is 10.1. The van der Waals surface area contributed by atoms with Gasteiger partial charge >= 0.3 is 0 Å². The molecule has 0 aliphatic heterocycles. The number of hydrogen-bond acceptors (Lipinski definition) is 5. The molecule has 204 valence electrons. The molecule has 0 radical (unpaired) electrons. The molecule has 0 bridgehead atoms. The lowest BCUT2D eigenvalue weighted by molar-refractivity contribution is 0.667. The van der Waals surface area contributed by atoms with Crippen LogP contribution in [0, 0.1) is 0 Å². The predicted octanol–water partition coefficient (Wildman–Crippen LogP) is 10.3. The SMILES string of the molecule is CCCc1ccc2oc3c(-c4c5ccccc5c(-c5ccnc6c5oc5ccccc56)c5ccccc45)ncnc3c2c1. The van der Waals surface area contributed by atoms with Crippen molar-refractivity contribution in [3.63, 3.8) is 0 Å². The van der Waals surface area contributed by atoms with Crippen molar-refractivity contribution in [1.82, 2.24) is 15.0 Å². The highest BCUT2D eigenvalue weighted by atomic mass is 16.3. The van der Waals surface area contributed by atoms with Crippen molar-refractivity contribution in [1.29, 1.82) is 0 Å². The van der Waals surface area contributed by atoms with Crippen LogP contribution in [0.1, 0.15) is 18.9 Å². The summed E-state index contributed by atoms with van der Waals surface area (Å²) >= 11 is 0. The lowest BCUT2D eigenvalue weighted by atomic mass is 9.87. The zero-order valence-electron chi connectivity index (χ0n) is 23.5. The zero-order valence-corrected chi connectivity index (χ0v) is 23.5. The Balaban J connectivity index is 1.40. The Morgan fingerprint density at radius 2 is 1.19 bits per heavy atom. The molecule has 9 rings (SSSR count). The summed E-state index contributed by atoms with van der Waals surface area (Å²) in [6.45, 7) is 2.20. The summed E-state index contributed by atoms with van der Waals surface area (Å²) in [7, 11) is 0. The molecule has 0 saturated carbocycles. The van der Waals surface area contributed by atoms with Crippen LogP contribution in [0.3, 0.4) is 0 Å². The third kappa shape index (κ3) is 3.48. The van der Waals surface area contributed by atoms with Crippen molar-refractivity contribution >= 4 is 65.7 Å². The first-order valence-electron chi connectivity index (χ1n) is 14.7. The Morgan fingerprint density at radius 3 is 1.93 bits per heavy atom. The summed E-state index contributed by atoms with van der Waals surface area (Å²) in [6, 6.07) is 33.6. The minimum atomic E-state index is 0.706. The highest BCUT2D eigenvalue weighted by Gasteiger charge is 2.23. The van der Waals surface area contributed by atoms with E-state index in [-0.39, 0.29) is 0 Å². The van der Waals surface area contributed by atoms with E-state index in [0.29, 0.717) is 5.58 Å². The molecule has 0 aliphatic rings. The number of hydrogen-bond donors (Lipinski definition) is 0. The van der Waals surface area contributed by atoms with Crippen LogP contribution in [0.5, 0.6) is 0 Å². The van der Waals surface area contributed by atoms with Crippen molar-refractivity contribution in [3.05, 3.63) is 115 Å². The van der Waals surface area contributed by atoms with Gasteiger partial charge in [0.2, 0.25) is 0 Å². The Bertz CT molecular complexity index is 2480.